The quantitative estimate of drug-likeness (QED) is 0.906. The van der Waals surface area contributed by atoms with Crippen molar-refractivity contribution in [2.75, 3.05) is 30.9 Å². The van der Waals surface area contributed by atoms with E-state index >= 15 is 0 Å². The largest absolute Gasteiger partial charge is 0.340 e. The van der Waals surface area contributed by atoms with Gasteiger partial charge in [-0.2, -0.15) is 12.7 Å². The maximum absolute atomic E-state index is 12.3. The van der Waals surface area contributed by atoms with Crippen LogP contribution in [0.3, 0.4) is 0 Å². The first-order valence-electron chi connectivity index (χ1n) is 7.02. The van der Waals surface area contributed by atoms with E-state index in [2.05, 4.69) is 4.72 Å². The highest BCUT2D eigenvalue weighted by Crippen LogP contribution is 2.14. The van der Waals surface area contributed by atoms with Crippen molar-refractivity contribution in [1.29, 1.82) is 0 Å². The van der Waals surface area contributed by atoms with E-state index in [9.17, 15) is 13.2 Å². The van der Waals surface area contributed by atoms with E-state index in [1.807, 2.05) is 19.9 Å². The Morgan fingerprint density at radius 2 is 1.67 bits per heavy atom. The fourth-order valence-corrected chi connectivity index (χ4v) is 3.44. The van der Waals surface area contributed by atoms with Crippen molar-refractivity contribution in [1.82, 2.24) is 9.21 Å². The number of piperazine rings is 1. The number of nitrogens with one attached hydrogen (secondary N) is 1. The Kier molecular flexibility index (Phi) is 4.84. The average molecular weight is 311 g/mol. The second-order valence-corrected chi connectivity index (χ2v) is 7.02. The van der Waals surface area contributed by atoms with Gasteiger partial charge in [0, 0.05) is 37.8 Å². The highest BCUT2D eigenvalue weighted by Gasteiger charge is 2.29. The Bertz CT molecular complexity index is 579. The van der Waals surface area contributed by atoms with Gasteiger partial charge in [0.1, 0.15) is 0 Å². The van der Waals surface area contributed by atoms with Gasteiger partial charge in [-0.15, -0.1) is 0 Å². The van der Waals surface area contributed by atoms with Crippen LogP contribution in [-0.2, 0) is 15.0 Å². The molecule has 0 aliphatic carbocycles. The summed E-state index contributed by atoms with van der Waals surface area (Å²) in [5.41, 5.74) is 0.540. The zero-order valence-corrected chi connectivity index (χ0v) is 13.1. The van der Waals surface area contributed by atoms with Crippen molar-refractivity contribution in [2.24, 2.45) is 5.92 Å². The number of benzene rings is 1. The molecule has 0 saturated carbocycles. The lowest BCUT2D eigenvalue weighted by Gasteiger charge is -2.34. The molecule has 1 aliphatic heterocycles. The molecule has 0 atom stereocenters. The van der Waals surface area contributed by atoms with Crippen molar-refractivity contribution >= 4 is 21.8 Å². The van der Waals surface area contributed by atoms with Gasteiger partial charge in [0.15, 0.2) is 0 Å². The molecular formula is C14H21N3O3S. The second-order valence-electron chi connectivity index (χ2n) is 5.35. The molecule has 1 saturated heterocycles. The molecule has 1 aliphatic rings. The molecule has 0 spiro atoms. The molecular weight excluding hydrogens is 290 g/mol. The van der Waals surface area contributed by atoms with E-state index in [1.54, 1.807) is 29.2 Å². The summed E-state index contributed by atoms with van der Waals surface area (Å²) in [6, 6.07) is 8.79. The molecule has 1 heterocycles. The summed E-state index contributed by atoms with van der Waals surface area (Å²) in [6.07, 6.45) is 0. The summed E-state index contributed by atoms with van der Waals surface area (Å²) in [4.78, 5) is 13.6. The Labute approximate surface area is 125 Å². The first-order chi connectivity index (χ1) is 9.90. The molecule has 1 amide bonds. The summed E-state index contributed by atoms with van der Waals surface area (Å²) < 4.78 is 28.5. The summed E-state index contributed by atoms with van der Waals surface area (Å²) in [5.74, 6) is 0.0127. The van der Waals surface area contributed by atoms with E-state index in [4.69, 9.17) is 0 Å². The number of amides is 1. The van der Waals surface area contributed by atoms with Gasteiger partial charge in [-0.3, -0.25) is 9.52 Å². The van der Waals surface area contributed by atoms with Crippen LogP contribution in [0, 0.1) is 5.92 Å². The maximum atomic E-state index is 12.3. The molecule has 0 aromatic heterocycles. The molecule has 1 aromatic rings. The molecule has 116 valence electrons. The molecule has 21 heavy (non-hydrogen) atoms. The van der Waals surface area contributed by atoms with Crippen LogP contribution in [0.5, 0.6) is 0 Å². The van der Waals surface area contributed by atoms with Gasteiger partial charge in [-0.05, 0) is 12.1 Å². The van der Waals surface area contributed by atoms with Crippen LogP contribution >= 0.6 is 0 Å². The van der Waals surface area contributed by atoms with Crippen LogP contribution in [0.4, 0.5) is 5.69 Å². The molecule has 0 radical (unpaired) electrons. The molecule has 0 bridgehead atoms. The number of rotatable bonds is 4. The summed E-state index contributed by atoms with van der Waals surface area (Å²) in [6.45, 7) is 5.21. The Hall–Kier alpha value is -1.60. The first kappa shape index (κ1) is 15.8. The van der Waals surface area contributed by atoms with E-state index in [1.165, 1.54) is 4.31 Å². The molecule has 7 heteroatoms. The number of hydrogen-bond donors (Lipinski definition) is 1. The zero-order chi connectivity index (χ0) is 15.5. The second kappa shape index (κ2) is 6.44. The first-order valence-corrected chi connectivity index (χ1v) is 8.46. The van der Waals surface area contributed by atoms with E-state index < -0.39 is 10.2 Å². The van der Waals surface area contributed by atoms with Gasteiger partial charge < -0.3 is 4.90 Å². The predicted molar refractivity (Wildman–Crippen MR) is 82.0 cm³/mol. The Morgan fingerprint density at radius 1 is 1.10 bits per heavy atom. The number of nitrogens with zero attached hydrogens (tertiary/aromatic N) is 2. The van der Waals surface area contributed by atoms with Crippen molar-refractivity contribution in [3.05, 3.63) is 30.3 Å². The van der Waals surface area contributed by atoms with Crippen molar-refractivity contribution in [2.45, 2.75) is 13.8 Å². The lowest BCUT2D eigenvalue weighted by Crippen LogP contribution is -2.52. The molecule has 2 rings (SSSR count). The molecule has 1 N–H and O–H groups in total. The van der Waals surface area contributed by atoms with E-state index in [0.29, 0.717) is 31.9 Å². The third-order valence-electron chi connectivity index (χ3n) is 3.40. The summed E-state index contributed by atoms with van der Waals surface area (Å²) >= 11 is 0. The maximum Gasteiger partial charge on any atom is 0.301 e. The van der Waals surface area contributed by atoms with Crippen LogP contribution in [0.15, 0.2) is 30.3 Å². The predicted octanol–water partition coefficient (Wildman–Crippen LogP) is 1.14. The fourth-order valence-electron chi connectivity index (χ4n) is 2.23. The lowest BCUT2D eigenvalue weighted by atomic mass is 10.2. The van der Waals surface area contributed by atoms with E-state index in [0.717, 1.165) is 0 Å². The highest BCUT2D eigenvalue weighted by molar-refractivity contribution is 7.90. The Balaban J connectivity index is 1.96. The average Bonchev–Trinajstić information content (AvgIpc) is 2.47. The van der Waals surface area contributed by atoms with Gasteiger partial charge in [0.05, 0.1) is 0 Å². The van der Waals surface area contributed by atoms with Crippen molar-refractivity contribution in [3.8, 4) is 0 Å². The van der Waals surface area contributed by atoms with Gasteiger partial charge in [-0.1, -0.05) is 32.0 Å². The number of hydrogen-bond acceptors (Lipinski definition) is 3. The molecule has 0 unspecified atom stereocenters. The minimum Gasteiger partial charge on any atom is -0.340 e. The normalized spacial score (nSPS) is 17.0. The standard InChI is InChI=1S/C14H21N3O3S/c1-12(2)14(18)16-8-10-17(11-9-16)21(19,20)15-13-6-4-3-5-7-13/h3-7,12,15H,8-11H2,1-2H3. The van der Waals surface area contributed by atoms with Crippen LogP contribution in [0.1, 0.15) is 13.8 Å². The number of carbonyl (C=O) groups excluding carboxylic acids is 1. The van der Waals surface area contributed by atoms with Crippen molar-refractivity contribution < 1.29 is 13.2 Å². The number of carbonyl (C=O) groups is 1. The monoisotopic (exact) mass is 311 g/mol. The zero-order valence-electron chi connectivity index (χ0n) is 12.3. The lowest BCUT2D eigenvalue weighted by molar-refractivity contribution is -0.135. The minimum absolute atomic E-state index is 0.0596. The summed E-state index contributed by atoms with van der Waals surface area (Å²) in [7, 11) is -3.56. The SMILES string of the molecule is CC(C)C(=O)N1CCN(S(=O)(=O)Nc2ccccc2)CC1. The van der Waals surface area contributed by atoms with Crippen molar-refractivity contribution in [3.63, 3.8) is 0 Å². The Morgan fingerprint density at radius 3 is 2.19 bits per heavy atom. The molecule has 1 aromatic carbocycles. The smallest absolute Gasteiger partial charge is 0.301 e. The number of anilines is 1. The third-order valence-corrected chi connectivity index (χ3v) is 4.94. The highest BCUT2D eigenvalue weighted by atomic mass is 32.2. The van der Waals surface area contributed by atoms with Crippen LogP contribution in [-0.4, -0.2) is 49.7 Å². The van der Waals surface area contributed by atoms with Gasteiger partial charge in [0.25, 0.3) is 0 Å². The van der Waals surface area contributed by atoms with Crippen LogP contribution < -0.4 is 4.72 Å². The third kappa shape index (κ3) is 3.95. The summed E-state index contributed by atoms with van der Waals surface area (Å²) in [5, 5.41) is 0. The number of para-hydroxylation sites is 1. The molecule has 1 fully saturated rings. The van der Waals surface area contributed by atoms with E-state index in [-0.39, 0.29) is 11.8 Å². The van der Waals surface area contributed by atoms with Crippen LogP contribution in [0.2, 0.25) is 0 Å². The van der Waals surface area contributed by atoms with Gasteiger partial charge >= 0.3 is 10.2 Å². The molecule has 6 nitrogen and oxygen atoms in total. The van der Waals surface area contributed by atoms with Gasteiger partial charge in [-0.25, -0.2) is 0 Å². The van der Waals surface area contributed by atoms with Gasteiger partial charge in [0.2, 0.25) is 5.91 Å². The van der Waals surface area contributed by atoms with Crippen LogP contribution in [0.25, 0.3) is 0 Å². The minimum atomic E-state index is -3.56. The fraction of sp³-hybridized carbons (Fsp3) is 0.500. The topological polar surface area (TPSA) is 69.7 Å².